The second-order valence-electron chi connectivity index (χ2n) is 8.57. The lowest BCUT2D eigenvalue weighted by Crippen LogP contribution is -2.41. The molecule has 2 spiro atoms. The summed E-state index contributed by atoms with van der Waals surface area (Å²) < 4.78 is 0. The summed E-state index contributed by atoms with van der Waals surface area (Å²) in [5.74, 6) is 3.15. The Labute approximate surface area is 100 Å². The van der Waals surface area contributed by atoms with Gasteiger partial charge in [0.2, 0.25) is 0 Å². The highest BCUT2D eigenvalue weighted by atomic mass is 15.0. The highest BCUT2D eigenvalue weighted by Crippen LogP contribution is 3.00. The van der Waals surface area contributed by atoms with Crippen molar-refractivity contribution in [3.63, 3.8) is 0 Å². The molecular weight excluding hydrogens is 192 g/mol. The summed E-state index contributed by atoms with van der Waals surface area (Å²) in [5, 5.41) is 0. The van der Waals surface area contributed by atoms with E-state index in [0.29, 0.717) is 10.8 Å². The van der Waals surface area contributed by atoms with Crippen LogP contribution >= 0.6 is 0 Å². The molecule has 4 bridgehead atoms. The van der Waals surface area contributed by atoms with Gasteiger partial charge in [-0.2, -0.15) is 0 Å². The zero-order valence-corrected chi connectivity index (χ0v) is 11.6. The standard InChI is InChI=1S/C16H26/c1-10-6-7-13(2,3)15-9-11-8-12(15)16(10,15)14(11,4)5/h10-12H,6-9H2,1-5H3. The van der Waals surface area contributed by atoms with E-state index < -0.39 is 0 Å². The van der Waals surface area contributed by atoms with E-state index >= 15 is 0 Å². The summed E-state index contributed by atoms with van der Waals surface area (Å²) in [5.41, 5.74) is 2.81. The molecule has 16 heavy (non-hydrogen) atoms. The van der Waals surface area contributed by atoms with E-state index in [1.807, 2.05) is 0 Å². The Morgan fingerprint density at radius 3 is 2.31 bits per heavy atom. The minimum atomic E-state index is 0.632. The summed E-state index contributed by atoms with van der Waals surface area (Å²) in [6.07, 6.45) is 6.11. The minimum absolute atomic E-state index is 0.632. The van der Waals surface area contributed by atoms with Gasteiger partial charge in [-0.25, -0.2) is 0 Å². The second-order valence-corrected chi connectivity index (χ2v) is 8.57. The fraction of sp³-hybridized carbons (Fsp3) is 1.00. The quantitative estimate of drug-likeness (QED) is 0.562. The van der Waals surface area contributed by atoms with Gasteiger partial charge in [0.05, 0.1) is 0 Å². The summed E-state index contributed by atoms with van der Waals surface area (Å²) in [4.78, 5) is 0. The van der Waals surface area contributed by atoms with Gasteiger partial charge in [-0.05, 0) is 65.1 Å². The molecule has 5 rings (SSSR count). The molecule has 5 aliphatic rings. The van der Waals surface area contributed by atoms with Crippen molar-refractivity contribution >= 4 is 0 Å². The van der Waals surface area contributed by atoms with Gasteiger partial charge < -0.3 is 0 Å². The molecule has 0 aromatic carbocycles. The fourth-order valence-corrected chi connectivity index (χ4v) is 7.77. The zero-order valence-electron chi connectivity index (χ0n) is 11.6. The molecule has 0 nitrogen and oxygen atoms in total. The summed E-state index contributed by atoms with van der Waals surface area (Å²) in [6, 6.07) is 0. The van der Waals surface area contributed by atoms with Crippen molar-refractivity contribution in [2.75, 3.05) is 0 Å². The maximum Gasteiger partial charge on any atom is -0.0119 e. The molecule has 0 heteroatoms. The van der Waals surface area contributed by atoms with E-state index in [-0.39, 0.29) is 0 Å². The Balaban J connectivity index is 1.96. The zero-order chi connectivity index (χ0) is 11.6. The predicted molar refractivity (Wildman–Crippen MR) is 67.0 cm³/mol. The molecule has 5 atom stereocenters. The van der Waals surface area contributed by atoms with E-state index in [9.17, 15) is 0 Å². The van der Waals surface area contributed by atoms with Crippen LogP contribution in [0.4, 0.5) is 0 Å². The molecule has 0 radical (unpaired) electrons. The first-order valence-corrected chi connectivity index (χ1v) is 7.32. The van der Waals surface area contributed by atoms with E-state index in [1.165, 1.54) is 12.8 Å². The van der Waals surface area contributed by atoms with Crippen LogP contribution in [0, 0.1) is 39.4 Å². The average Bonchev–Trinajstić information content (AvgIpc) is 2.47. The third kappa shape index (κ3) is 0.578. The predicted octanol–water partition coefficient (Wildman–Crippen LogP) is 4.49. The maximum absolute atomic E-state index is 2.60. The highest BCUT2D eigenvalue weighted by molar-refractivity contribution is 5.42. The molecule has 0 heterocycles. The molecule has 0 amide bonds. The minimum Gasteiger partial charge on any atom is -0.0619 e. The largest absolute Gasteiger partial charge is 0.0619 e. The lowest BCUT2D eigenvalue weighted by atomic mass is 9.57. The molecule has 0 aliphatic heterocycles. The van der Waals surface area contributed by atoms with Crippen molar-refractivity contribution in [3.05, 3.63) is 0 Å². The molecule has 0 aromatic rings. The number of rotatable bonds is 0. The van der Waals surface area contributed by atoms with E-state index in [1.54, 1.807) is 12.8 Å². The molecule has 90 valence electrons. The average molecular weight is 218 g/mol. The van der Waals surface area contributed by atoms with Gasteiger partial charge in [0.25, 0.3) is 0 Å². The molecule has 5 saturated carbocycles. The van der Waals surface area contributed by atoms with Crippen LogP contribution in [0.5, 0.6) is 0 Å². The van der Waals surface area contributed by atoms with Crippen LogP contribution in [0.15, 0.2) is 0 Å². The Hall–Kier alpha value is 0. The van der Waals surface area contributed by atoms with Crippen LogP contribution < -0.4 is 0 Å². The topological polar surface area (TPSA) is 0 Å². The van der Waals surface area contributed by atoms with Crippen LogP contribution in [0.3, 0.4) is 0 Å². The van der Waals surface area contributed by atoms with Crippen LogP contribution in [0.1, 0.15) is 60.3 Å². The van der Waals surface area contributed by atoms with Gasteiger partial charge in [-0.1, -0.05) is 34.6 Å². The highest BCUT2D eigenvalue weighted by Gasteiger charge is 2.94. The first-order chi connectivity index (χ1) is 7.32. The Morgan fingerprint density at radius 2 is 1.75 bits per heavy atom. The third-order valence-corrected chi connectivity index (χ3v) is 8.16. The molecule has 0 aromatic heterocycles. The van der Waals surface area contributed by atoms with Crippen LogP contribution in [-0.2, 0) is 0 Å². The maximum atomic E-state index is 2.60. The lowest BCUT2D eigenvalue weighted by molar-refractivity contribution is 0.0101. The molecule has 5 fully saturated rings. The number of hydrogen-bond acceptors (Lipinski definition) is 0. The SMILES string of the molecule is CC1CCC(C)(C)C23CC4CC2C13C4(C)C. The Kier molecular flexibility index (Phi) is 1.34. The van der Waals surface area contributed by atoms with Gasteiger partial charge in [0.1, 0.15) is 0 Å². The fourth-order valence-electron chi connectivity index (χ4n) is 7.77. The van der Waals surface area contributed by atoms with Gasteiger partial charge >= 0.3 is 0 Å². The number of hydrogen-bond donors (Lipinski definition) is 0. The molecule has 0 saturated heterocycles. The summed E-state index contributed by atoms with van der Waals surface area (Å²) >= 11 is 0. The first kappa shape index (κ1) is 9.97. The van der Waals surface area contributed by atoms with E-state index in [2.05, 4.69) is 34.6 Å². The Morgan fingerprint density at radius 1 is 1.06 bits per heavy atom. The molecule has 5 aliphatic carbocycles. The van der Waals surface area contributed by atoms with Crippen LogP contribution in [0.2, 0.25) is 0 Å². The van der Waals surface area contributed by atoms with E-state index in [0.717, 1.165) is 28.6 Å². The van der Waals surface area contributed by atoms with Crippen molar-refractivity contribution in [1.29, 1.82) is 0 Å². The van der Waals surface area contributed by atoms with Gasteiger partial charge in [-0.15, -0.1) is 0 Å². The normalized spacial score (nSPS) is 63.2. The lowest BCUT2D eigenvalue weighted by Gasteiger charge is -2.47. The van der Waals surface area contributed by atoms with Crippen molar-refractivity contribution in [2.24, 2.45) is 39.4 Å². The summed E-state index contributed by atoms with van der Waals surface area (Å²) in [6.45, 7) is 12.9. The van der Waals surface area contributed by atoms with E-state index in [4.69, 9.17) is 0 Å². The van der Waals surface area contributed by atoms with Crippen molar-refractivity contribution in [1.82, 2.24) is 0 Å². The van der Waals surface area contributed by atoms with Crippen LogP contribution in [-0.4, -0.2) is 0 Å². The monoisotopic (exact) mass is 218 g/mol. The summed E-state index contributed by atoms with van der Waals surface area (Å²) in [7, 11) is 0. The van der Waals surface area contributed by atoms with Crippen molar-refractivity contribution in [2.45, 2.75) is 60.3 Å². The molecular formula is C16H26. The molecule has 0 N–H and O–H groups in total. The molecule has 5 unspecified atom stereocenters. The third-order valence-electron chi connectivity index (χ3n) is 8.16. The van der Waals surface area contributed by atoms with Gasteiger partial charge in [-0.3, -0.25) is 0 Å². The smallest absolute Gasteiger partial charge is 0.0119 e. The van der Waals surface area contributed by atoms with Gasteiger partial charge in [0, 0.05) is 0 Å². The van der Waals surface area contributed by atoms with Crippen LogP contribution in [0.25, 0.3) is 0 Å². The first-order valence-electron chi connectivity index (χ1n) is 7.32. The second kappa shape index (κ2) is 2.15. The Bertz CT molecular complexity index is 377. The van der Waals surface area contributed by atoms with Crippen molar-refractivity contribution < 1.29 is 0 Å². The van der Waals surface area contributed by atoms with Crippen molar-refractivity contribution in [3.8, 4) is 0 Å². The van der Waals surface area contributed by atoms with Gasteiger partial charge in [0.15, 0.2) is 0 Å².